The number of esters is 1. The van der Waals surface area contributed by atoms with Gasteiger partial charge in [0.1, 0.15) is 0 Å². The van der Waals surface area contributed by atoms with Crippen LogP contribution in [0.4, 0.5) is 5.69 Å². The molecule has 0 saturated heterocycles. The fraction of sp³-hybridized carbons (Fsp3) is 0.300. The number of anilines is 1. The van der Waals surface area contributed by atoms with Crippen molar-refractivity contribution in [2.24, 2.45) is 0 Å². The average molecular weight is 248 g/mol. The number of benzene rings is 1. The molecule has 0 atom stereocenters. The summed E-state index contributed by atoms with van der Waals surface area (Å²) in [5, 5.41) is 0.913. The summed E-state index contributed by atoms with van der Waals surface area (Å²) in [6, 6.07) is 3.27. The minimum absolute atomic E-state index is 0.261. The molecule has 0 aliphatic rings. The number of hydrogen-bond donors (Lipinski definition) is 1. The Hall–Kier alpha value is -0.930. The number of methoxy groups -OCH3 is 1. The van der Waals surface area contributed by atoms with Gasteiger partial charge in [-0.1, -0.05) is 23.2 Å². The summed E-state index contributed by atoms with van der Waals surface area (Å²) < 4.78 is 4.53. The first-order valence-corrected chi connectivity index (χ1v) is 5.10. The van der Waals surface area contributed by atoms with Crippen molar-refractivity contribution in [3.63, 3.8) is 0 Å². The van der Waals surface area contributed by atoms with Crippen molar-refractivity contribution in [3.05, 3.63) is 27.7 Å². The van der Waals surface area contributed by atoms with Crippen LogP contribution in [0.3, 0.4) is 0 Å². The van der Waals surface area contributed by atoms with Crippen molar-refractivity contribution in [2.45, 2.75) is 12.8 Å². The highest BCUT2D eigenvalue weighted by atomic mass is 35.5. The van der Waals surface area contributed by atoms with Gasteiger partial charge in [0.05, 0.1) is 17.8 Å². The first-order chi connectivity index (χ1) is 7.04. The van der Waals surface area contributed by atoms with Crippen molar-refractivity contribution in [1.82, 2.24) is 0 Å². The predicted molar refractivity (Wildman–Crippen MR) is 61.2 cm³/mol. The fourth-order valence-electron chi connectivity index (χ4n) is 1.18. The third-order valence-corrected chi connectivity index (χ3v) is 2.54. The minimum atomic E-state index is -0.287. The highest BCUT2D eigenvalue weighted by molar-refractivity contribution is 6.36. The summed E-state index contributed by atoms with van der Waals surface area (Å²) in [5.41, 5.74) is 6.96. The number of ether oxygens (including phenoxy) is 1. The highest BCUT2D eigenvalue weighted by Gasteiger charge is 2.08. The average Bonchev–Trinajstić information content (AvgIpc) is 2.20. The van der Waals surface area contributed by atoms with Crippen molar-refractivity contribution in [2.75, 3.05) is 12.8 Å². The number of aryl methyl sites for hydroxylation is 1. The van der Waals surface area contributed by atoms with Gasteiger partial charge in [0.15, 0.2) is 0 Å². The summed E-state index contributed by atoms with van der Waals surface area (Å²) in [5.74, 6) is -0.287. The van der Waals surface area contributed by atoms with Gasteiger partial charge >= 0.3 is 5.97 Å². The molecule has 0 aliphatic heterocycles. The molecule has 1 aromatic rings. The zero-order valence-corrected chi connectivity index (χ0v) is 9.73. The van der Waals surface area contributed by atoms with E-state index in [9.17, 15) is 4.79 Å². The van der Waals surface area contributed by atoms with Gasteiger partial charge in [-0.25, -0.2) is 0 Å². The SMILES string of the molecule is COC(=O)CCc1cc(Cl)cc(Cl)c1N. The van der Waals surface area contributed by atoms with E-state index >= 15 is 0 Å². The molecule has 0 heterocycles. The lowest BCUT2D eigenvalue weighted by atomic mass is 10.1. The van der Waals surface area contributed by atoms with Gasteiger partial charge in [0.25, 0.3) is 0 Å². The molecule has 0 radical (unpaired) electrons. The van der Waals surface area contributed by atoms with Crippen LogP contribution >= 0.6 is 23.2 Å². The first-order valence-electron chi connectivity index (χ1n) is 4.34. The van der Waals surface area contributed by atoms with E-state index in [1.807, 2.05) is 0 Å². The maximum absolute atomic E-state index is 10.9. The van der Waals surface area contributed by atoms with Crippen LogP contribution in [0.1, 0.15) is 12.0 Å². The number of halogens is 2. The fourth-order valence-corrected chi connectivity index (χ4v) is 1.72. The molecule has 82 valence electrons. The molecule has 5 heteroatoms. The zero-order chi connectivity index (χ0) is 11.4. The Labute approximate surface area is 98.1 Å². The first kappa shape index (κ1) is 12.1. The molecule has 0 unspecified atom stereocenters. The summed E-state index contributed by atoms with van der Waals surface area (Å²) in [4.78, 5) is 10.9. The largest absolute Gasteiger partial charge is 0.469 e. The van der Waals surface area contributed by atoms with Crippen LogP contribution < -0.4 is 5.73 Å². The summed E-state index contributed by atoms with van der Waals surface area (Å²) in [6.45, 7) is 0. The maximum atomic E-state index is 10.9. The van der Waals surface area contributed by atoms with E-state index in [2.05, 4.69) is 4.74 Å². The summed E-state index contributed by atoms with van der Waals surface area (Å²) in [7, 11) is 1.34. The maximum Gasteiger partial charge on any atom is 0.305 e. The second-order valence-corrected chi connectivity index (χ2v) is 3.88. The van der Waals surface area contributed by atoms with Gasteiger partial charge in [-0.2, -0.15) is 0 Å². The van der Waals surface area contributed by atoms with Gasteiger partial charge in [0.2, 0.25) is 0 Å². The molecule has 1 rings (SSSR count). The number of nitrogens with two attached hydrogens (primary N) is 1. The van der Waals surface area contributed by atoms with Crippen LogP contribution in [-0.4, -0.2) is 13.1 Å². The van der Waals surface area contributed by atoms with Gasteiger partial charge in [0, 0.05) is 11.4 Å². The molecule has 0 amide bonds. The minimum Gasteiger partial charge on any atom is -0.469 e. The van der Waals surface area contributed by atoms with Gasteiger partial charge < -0.3 is 10.5 Å². The Morgan fingerprint density at radius 1 is 1.47 bits per heavy atom. The molecule has 0 fully saturated rings. The van der Waals surface area contributed by atoms with Crippen LogP contribution in [0.5, 0.6) is 0 Å². The Morgan fingerprint density at radius 2 is 2.13 bits per heavy atom. The van der Waals surface area contributed by atoms with E-state index in [1.54, 1.807) is 12.1 Å². The summed E-state index contributed by atoms with van der Waals surface area (Å²) >= 11 is 11.7. The molecule has 0 aliphatic carbocycles. The van der Waals surface area contributed by atoms with E-state index in [4.69, 9.17) is 28.9 Å². The van der Waals surface area contributed by atoms with Gasteiger partial charge in [-0.15, -0.1) is 0 Å². The second kappa shape index (κ2) is 5.24. The van der Waals surface area contributed by atoms with Gasteiger partial charge in [-0.3, -0.25) is 4.79 Å². The van der Waals surface area contributed by atoms with Crippen LogP contribution in [0, 0.1) is 0 Å². The molecule has 3 nitrogen and oxygen atoms in total. The van der Waals surface area contributed by atoms with Crippen LogP contribution in [-0.2, 0) is 16.0 Å². The molecule has 0 bridgehead atoms. The monoisotopic (exact) mass is 247 g/mol. The Morgan fingerprint density at radius 3 is 2.73 bits per heavy atom. The summed E-state index contributed by atoms with van der Waals surface area (Å²) in [6.07, 6.45) is 0.732. The number of nitrogen functional groups attached to an aromatic ring is 1. The molecule has 2 N–H and O–H groups in total. The standard InChI is InChI=1S/C10H11Cl2NO2/c1-15-9(14)3-2-6-4-7(11)5-8(12)10(6)13/h4-5H,2-3,13H2,1H3. The lowest BCUT2D eigenvalue weighted by Crippen LogP contribution is -2.04. The van der Waals surface area contributed by atoms with Crippen LogP contribution in [0.15, 0.2) is 12.1 Å². The van der Waals surface area contributed by atoms with E-state index in [1.165, 1.54) is 7.11 Å². The third kappa shape index (κ3) is 3.29. The Balaban J connectivity index is 2.81. The van der Waals surface area contributed by atoms with Crippen molar-refractivity contribution >= 4 is 34.9 Å². The van der Waals surface area contributed by atoms with Crippen LogP contribution in [0.25, 0.3) is 0 Å². The second-order valence-electron chi connectivity index (χ2n) is 3.04. The lowest BCUT2D eigenvalue weighted by Gasteiger charge is -2.07. The molecule has 0 saturated carbocycles. The van der Waals surface area contributed by atoms with Crippen molar-refractivity contribution < 1.29 is 9.53 Å². The van der Waals surface area contributed by atoms with Crippen molar-refractivity contribution in [3.8, 4) is 0 Å². The topological polar surface area (TPSA) is 52.3 Å². The molecule has 0 aromatic heterocycles. The quantitative estimate of drug-likeness (QED) is 0.660. The van der Waals surface area contributed by atoms with E-state index in [0.29, 0.717) is 22.2 Å². The smallest absolute Gasteiger partial charge is 0.305 e. The van der Waals surface area contributed by atoms with E-state index in [-0.39, 0.29) is 12.4 Å². The highest BCUT2D eigenvalue weighted by Crippen LogP contribution is 2.28. The van der Waals surface area contributed by atoms with Crippen LogP contribution in [0.2, 0.25) is 10.0 Å². The molecular weight excluding hydrogens is 237 g/mol. The predicted octanol–water partition coefficient (Wildman–Crippen LogP) is 2.68. The zero-order valence-electron chi connectivity index (χ0n) is 8.22. The Bertz CT molecular complexity index is 380. The van der Waals surface area contributed by atoms with E-state index in [0.717, 1.165) is 5.56 Å². The van der Waals surface area contributed by atoms with Crippen molar-refractivity contribution in [1.29, 1.82) is 0 Å². The third-order valence-electron chi connectivity index (χ3n) is 2.01. The van der Waals surface area contributed by atoms with Gasteiger partial charge in [-0.05, 0) is 24.1 Å². The normalized spacial score (nSPS) is 10.1. The number of carbonyl (C=O) groups excluding carboxylic acids is 1. The number of rotatable bonds is 3. The lowest BCUT2D eigenvalue weighted by molar-refractivity contribution is -0.140. The van der Waals surface area contributed by atoms with E-state index < -0.39 is 0 Å². The molecular formula is C10H11Cl2NO2. The molecule has 1 aromatic carbocycles. The Kier molecular flexibility index (Phi) is 4.24. The number of hydrogen-bond acceptors (Lipinski definition) is 3. The number of carbonyl (C=O) groups is 1. The molecule has 15 heavy (non-hydrogen) atoms. The molecule has 0 spiro atoms.